The topological polar surface area (TPSA) is 52.3 Å². The second kappa shape index (κ2) is 8.70. The quantitative estimate of drug-likeness (QED) is 0.568. The van der Waals surface area contributed by atoms with Crippen molar-refractivity contribution in [3.05, 3.63) is 35.4 Å². The smallest absolute Gasteiger partial charge is 0.338 e. The van der Waals surface area contributed by atoms with Crippen LogP contribution in [0.1, 0.15) is 54.9 Å². The molecule has 1 aromatic carbocycles. The number of hydrogen-bond acceptors (Lipinski definition) is 3. The number of hydrogen-bond donors (Lipinski definition) is 1. The molecule has 2 N–H and O–H groups in total. The van der Waals surface area contributed by atoms with Crippen LogP contribution in [0, 0.1) is 0 Å². The van der Waals surface area contributed by atoms with Crippen LogP contribution < -0.4 is 5.73 Å². The predicted octanol–water partition coefficient (Wildman–Crippen LogP) is 3.27. The summed E-state index contributed by atoms with van der Waals surface area (Å²) in [4.78, 5) is 11.7. The summed E-state index contributed by atoms with van der Waals surface area (Å²) >= 11 is 0. The zero-order chi connectivity index (χ0) is 13.2. The fraction of sp³-hybridized carbons (Fsp3) is 0.533. The first-order chi connectivity index (χ1) is 8.77. The lowest BCUT2D eigenvalue weighted by atomic mass is 10.1. The summed E-state index contributed by atoms with van der Waals surface area (Å²) in [6, 6.07) is 7.25. The Morgan fingerprint density at radius 3 is 2.39 bits per heavy atom. The van der Waals surface area contributed by atoms with Crippen LogP contribution in [-0.2, 0) is 11.3 Å². The number of esters is 1. The summed E-state index contributed by atoms with van der Waals surface area (Å²) in [6.45, 7) is 3.19. The largest absolute Gasteiger partial charge is 0.462 e. The summed E-state index contributed by atoms with van der Waals surface area (Å²) in [5.74, 6) is -0.242. The molecule has 0 unspecified atom stereocenters. The lowest BCUT2D eigenvalue weighted by molar-refractivity contribution is 0.0497. The van der Waals surface area contributed by atoms with E-state index in [0.29, 0.717) is 18.7 Å². The molecule has 1 rings (SSSR count). The second-order valence-corrected chi connectivity index (χ2v) is 4.45. The Balaban J connectivity index is 2.23. The van der Waals surface area contributed by atoms with E-state index in [9.17, 15) is 4.79 Å². The number of nitrogens with two attached hydrogens (primary N) is 1. The van der Waals surface area contributed by atoms with Crippen LogP contribution in [0.3, 0.4) is 0 Å². The predicted molar refractivity (Wildman–Crippen MR) is 73.4 cm³/mol. The molecule has 3 nitrogen and oxygen atoms in total. The van der Waals surface area contributed by atoms with Gasteiger partial charge in [-0.05, 0) is 24.1 Å². The van der Waals surface area contributed by atoms with Gasteiger partial charge < -0.3 is 10.5 Å². The van der Waals surface area contributed by atoms with E-state index < -0.39 is 0 Å². The molecule has 1 aromatic rings. The fourth-order valence-electron chi connectivity index (χ4n) is 1.73. The molecule has 18 heavy (non-hydrogen) atoms. The van der Waals surface area contributed by atoms with Crippen molar-refractivity contribution in [2.24, 2.45) is 5.73 Å². The molecule has 0 aromatic heterocycles. The van der Waals surface area contributed by atoms with E-state index in [-0.39, 0.29) is 5.97 Å². The van der Waals surface area contributed by atoms with Crippen molar-refractivity contribution in [2.45, 2.75) is 45.6 Å². The lowest BCUT2D eigenvalue weighted by Gasteiger charge is -2.05. The summed E-state index contributed by atoms with van der Waals surface area (Å²) in [7, 11) is 0. The molecule has 0 aliphatic carbocycles. The SMILES string of the molecule is CCCCCCCOC(=O)c1ccc(CN)cc1. The van der Waals surface area contributed by atoms with Crippen molar-refractivity contribution in [2.75, 3.05) is 6.61 Å². The van der Waals surface area contributed by atoms with Gasteiger partial charge in [-0.2, -0.15) is 0 Å². The standard InChI is InChI=1S/C15H23NO2/c1-2-3-4-5-6-11-18-15(17)14-9-7-13(12-16)8-10-14/h7-10H,2-6,11-12,16H2,1H3. The summed E-state index contributed by atoms with van der Waals surface area (Å²) < 4.78 is 5.21. The first kappa shape index (κ1) is 14.7. The number of ether oxygens (including phenoxy) is 1. The minimum Gasteiger partial charge on any atom is -0.462 e. The molecule has 0 aliphatic rings. The van der Waals surface area contributed by atoms with Crippen molar-refractivity contribution >= 4 is 5.97 Å². The van der Waals surface area contributed by atoms with E-state index in [1.807, 2.05) is 12.1 Å². The van der Waals surface area contributed by atoms with Crippen LogP contribution in [0.2, 0.25) is 0 Å². The first-order valence-electron chi connectivity index (χ1n) is 6.74. The first-order valence-corrected chi connectivity index (χ1v) is 6.74. The monoisotopic (exact) mass is 249 g/mol. The minimum atomic E-state index is -0.242. The van der Waals surface area contributed by atoms with Crippen molar-refractivity contribution in [1.29, 1.82) is 0 Å². The van der Waals surface area contributed by atoms with Crippen molar-refractivity contribution in [3.63, 3.8) is 0 Å². The van der Waals surface area contributed by atoms with Gasteiger partial charge in [-0.1, -0.05) is 44.7 Å². The number of benzene rings is 1. The molecule has 0 fully saturated rings. The summed E-state index contributed by atoms with van der Waals surface area (Å²) in [5.41, 5.74) is 7.12. The third-order valence-corrected chi connectivity index (χ3v) is 2.91. The summed E-state index contributed by atoms with van der Waals surface area (Å²) in [6.07, 6.45) is 5.79. The molecule has 0 heterocycles. The van der Waals surface area contributed by atoms with Crippen LogP contribution in [0.25, 0.3) is 0 Å². The van der Waals surface area contributed by atoms with Crippen LogP contribution >= 0.6 is 0 Å². The number of carbonyl (C=O) groups is 1. The molecule has 3 heteroatoms. The average Bonchev–Trinajstić information content (AvgIpc) is 2.42. The van der Waals surface area contributed by atoms with E-state index in [4.69, 9.17) is 10.5 Å². The van der Waals surface area contributed by atoms with Crippen LogP contribution in [0.15, 0.2) is 24.3 Å². The van der Waals surface area contributed by atoms with Gasteiger partial charge in [0.15, 0.2) is 0 Å². The highest BCUT2D eigenvalue weighted by atomic mass is 16.5. The maximum atomic E-state index is 11.7. The molecular formula is C15H23NO2. The Morgan fingerprint density at radius 2 is 1.78 bits per heavy atom. The van der Waals surface area contributed by atoms with Gasteiger partial charge in [-0.3, -0.25) is 0 Å². The van der Waals surface area contributed by atoms with Gasteiger partial charge in [0.2, 0.25) is 0 Å². The van der Waals surface area contributed by atoms with Gasteiger partial charge in [0, 0.05) is 6.54 Å². The Kier molecular flexibility index (Phi) is 7.11. The minimum absolute atomic E-state index is 0.242. The Morgan fingerprint density at radius 1 is 1.11 bits per heavy atom. The van der Waals surface area contributed by atoms with Gasteiger partial charge in [0.1, 0.15) is 0 Å². The highest BCUT2D eigenvalue weighted by Crippen LogP contribution is 2.07. The normalized spacial score (nSPS) is 10.3. The van der Waals surface area contributed by atoms with Crippen LogP contribution in [0.5, 0.6) is 0 Å². The lowest BCUT2D eigenvalue weighted by Crippen LogP contribution is -2.07. The molecule has 0 bridgehead atoms. The molecule has 100 valence electrons. The van der Waals surface area contributed by atoms with Crippen LogP contribution in [0.4, 0.5) is 0 Å². The maximum absolute atomic E-state index is 11.7. The van der Waals surface area contributed by atoms with Crippen molar-refractivity contribution in [1.82, 2.24) is 0 Å². The zero-order valence-electron chi connectivity index (χ0n) is 11.2. The van der Waals surface area contributed by atoms with Crippen LogP contribution in [-0.4, -0.2) is 12.6 Å². The molecular weight excluding hydrogens is 226 g/mol. The van der Waals surface area contributed by atoms with Gasteiger partial charge >= 0.3 is 5.97 Å². The molecule has 0 saturated carbocycles. The number of rotatable bonds is 8. The third-order valence-electron chi connectivity index (χ3n) is 2.91. The van der Waals surface area contributed by atoms with Crippen molar-refractivity contribution in [3.8, 4) is 0 Å². The highest BCUT2D eigenvalue weighted by molar-refractivity contribution is 5.89. The van der Waals surface area contributed by atoms with Gasteiger partial charge in [0.25, 0.3) is 0 Å². The number of unbranched alkanes of at least 4 members (excludes halogenated alkanes) is 4. The third kappa shape index (κ3) is 5.32. The van der Waals surface area contributed by atoms with Gasteiger partial charge in [0.05, 0.1) is 12.2 Å². The summed E-state index contributed by atoms with van der Waals surface area (Å²) in [5, 5.41) is 0. The number of carbonyl (C=O) groups excluding carboxylic acids is 1. The zero-order valence-corrected chi connectivity index (χ0v) is 11.2. The second-order valence-electron chi connectivity index (χ2n) is 4.45. The molecule has 0 aliphatic heterocycles. The highest BCUT2D eigenvalue weighted by Gasteiger charge is 2.06. The molecule has 0 radical (unpaired) electrons. The van der Waals surface area contributed by atoms with Gasteiger partial charge in [-0.15, -0.1) is 0 Å². The molecule has 0 saturated heterocycles. The van der Waals surface area contributed by atoms with Gasteiger partial charge in [-0.25, -0.2) is 4.79 Å². The van der Waals surface area contributed by atoms with E-state index >= 15 is 0 Å². The molecule has 0 spiro atoms. The Labute approximate surface area is 109 Å². The average molecular weight is 249 g/mol. The van der Waals surface area contributed by atoms with E-state index in [1.54, 1.807) is 12.1 Å². The Bertz CT molecular complexity index is 346. The molecule has 0 amide bonds. The molecule has 0 atom stereocenters. The van der Waals surface area contributed by atoms with E-state index in [1.165, 1.54) is 19.3 Å². The van der Waals surface area contributed by atoms with E-state index in [2.05, 4.69) is 6.92 Å². The van der Waals surface area contributed by atoms with Crippen molar-refractivity contribution < 1.29 is 9.53 Å². The Hall–Kier alpha value is -1.35. The fourth-order valence-corrected chi connectivity index (χ4v) is 1.73. The van der Waals surface area contributed by atoms with E-state index in [0.717, 1.165) is 18.4 Å². The maximum Gasteiger partial charge on any atom is 0.338 e.